The number of rotatable bonds is 3. The zero-order valence-electron chi connectivity index (χ0n) is 9.29. The van der Waals surface area contributed by atoms with E-state index in [-0.39, 0.29) is 25.9 Å². The molecule has 7 heteroatoms. The van der Waals surface area contributed by atoms with Crippen LogP contribution in [0, 0.1) is 4.84 Å². The molecule has 3 rings (SSSR count). The molecular weight excluding hydrogens is 332 g/mol. The summed E-state index contributed by atoms with van der Waals surface area (Å²) in [6.45, 7) is 0. The van der Waals surface area contributed by atoms with Gasteiger partial charge in [0, 0.05) is 33.7 Å². The summed E-state index contributed by atoms with van der Waals surface area (Å²) >= 11 is 4.79. The minimum atomic E-state index is 0. The summed E-state index contributed by atoms with van der Waals surface area (Å²) in [5, 5.41) is 11.6. The Morgan fingerprint density at radius 1 is 1.33 bits per heavy atom. The molecule has 0 radical (unpaired) electrons. The standard InChI is InChI=1S/C11H10N4OS.Mo/c17-11-13-10(15-16-11)4-2-7-1-3-9-8(5-7)6-12-14-9;/h1,3,5-6H,2,4H2,(H2,12,13,14,15,17);/p-1. The van der Waals surface area contributed by atoms with E-state index < -0.39 is 0 Å². The normalized spacial score (nSPS) is 10.4. The van der Waals surface area contributed by atoms with Gasteiger partial charge in [0.05, 0.1) is 0 Å². The molecule has 0 unspecified atom stereocenters. The monoisotopic (exact) mass is 343 g/mol. The molecule has 0 bridgehead atoms. The molecule has 3 aromatic rings. The maximum atomic E-state index is 4.87. The summed E-state index contributed by atoms with van der Waals surface area (Å²) in [4.78, 5) is 4.30. The van der Waals surface area contributed by atoms with Crippen LogP contribution >= 0.6 is 12.2 Å². The van der Waals surface area contributed by atoms with E-state index in [0.29, 0.717) is 0 Å². The molecule has 0 saturated carbocycles. The Morgan fingerprint density at radius 3 is 3.00 bits per heavy atom. The fourth-order valence-electron chi connectivity index (χ4n) is 1.74. The summed E-state index contributed by atoms with van der Waals surface area (Å²) in [6.07, 6.45) is 3.41. The van der Waals surface area contributed by atoms with Crippen LogP contribution in [0.5, 0.6) is 0 Å². The van der Waals surface area contributed by atoms with Crippen LogP contribution in [0.2, 0.25) is 0 Å². The van der Waals surface area contributed by atoms with E-state index in [1.807, 2.05) is 12.1 Å². The van der Waals surface area contributed by atoms with Crippen LogP contribution in [0.15, 0.2) is 28.9 Å². The fourth-order valence-corrected chi connectivity index (χ4v) is 1.89. The zero-order chi connectivity index (χ0) is 11.7. The van der Waals surface area contributed by atoms with Crippen molar-refractivity contribution in [2.75, 3.05) is 0 Å². The van der Waals surface area contributed by atoms with Crippen molar-refractivity contribution < 1.29 is 25.6 Å². The molecule has 0 fully saturated rings. The molecule has 1 N–H and O–H groups in total. The number of hydrogen-bond acceptors (Lipinski definition) is 4. The van der Waals surface area contributed by atoms with Gasteiger partial charge in [-0.1, -0.05) is 18.2 Å². The van der Waals surface area contributed by atoms with Crippen molar-refractivity contribution in [3.05, 3.63) is 40.6 Å². The molecule has 0 saturated heterocycles. The van der Waals surface area contributed by atoms with Gasteiger partial charge in [-0.2, -0.15) is 4.98 Å². The van der Waals surface area contributed by atoms with Gasteiger partial charge in [-0.25, -0.2) is 5.16 Å². The summed E-state index contributed by atoms with van der Waals surface area (Å²) in [5.74, 6) is 0.772. The van der Waals surface area contributed by atoms with E-state index in [4.69, 9.17) is 16.7 Å². The van der Waals surface area contributed by atoms with Crippen LogP contribution in [0.25, 0.3) is 10.9 Å². The summed E-state index contributed by atoms with van der Waals surface area (Å²) in [6, 6.07) is 6.11. The minimum Gasteiger partial charge on any atom is -0.575 e. The molecule has 0 amide bonds. The number of nitrogens with zero attached hydrogens (tertiary/aromatic N) is 3. The van der Waals surface area contributed by atoms with Crippen molar-refractivity contribution in [1.29, 1.82) is 0 Å². The third-order valence-electron chi connectivity index (χ3n) is 2.59. The third-order valence-corrected chi connectivity index (χ3v) is 2.76. The molecule has 0 spiro atoms. The van der Waals surface area contributed by atoms with Crippen molar-refractivity contribution in [2.24, 2.45) is 0 Å². The Labute approximate surface area is 122 Å². The first-order valence-electron chi connectivity index (χ1n) is 5.23. The minimum absolute atomic E-state index is 0. The molecule has 92 valence electrons. The van der Waals surface area contributed by atoms with Crippen LogP contribution in [-0.2, 0) is 33.9 Å². The van der Waals surface area contributed by atoms with Crippen LogP contribution in [0.1, 0.15) is 11.4 Å². The number of nitrogens with one attached hydrogen (secondary N) is 1. The topological polar surface area (TPSA) is 68.8 Å². The molecule has 0 aliphatic heterocycles. The molecule has 0 aliphatic rings. The molecular formula is C11H9MoN4OS-. The Balaban J connectivity index is 0.00000120. The molecule has 0 aliphatic carbocycles. The molecule has 0 atom stereocenters. The first-order chi connectivity index (χ1) is 8.31. The fraction of sp³-hybridized carbons (Fsp3) is 0.182. The summed E-state index contributed by atoms with van der Waals surface area (Å²) < 4.78 is 4.87. The van der Waals surface area contributed by atoms with Gasteiger partial charge in [0.15, 0.2) is 0 Å². The smallest absolute Gasteiger partial charge is 0.314 e. The van der Waals surface area contributed by atoms with Gasteiger partial charge >= 0.3 is 4.84 Å². The van der Waals surface area contributed by atoms with Crippen molar-refractivity contribution >= 4 is 23.1 Å². The molecule has 2 aromatic heterocycles. The quantitative estimate of drug-likeness (QED) is 0.583. The number of benzene rings is 1. The molecule has 2 heterocycles. The SMILES string of the molecule is S=c1nc(CCc2ccc3[n-]ncc3c2)[nH]o1.[Mo]. The second kappa shape index (κ2) is 5.59. The number of aryl methyl sites for hydroxylation is 2. The van der Waals surface area contributed by atoms with Crippen LogP contribution < -0.4 is 5.10 Å². The van der Waals surface area contributed by atoms with Gasteiger partial charge < -0.3 is 14.7 Å². The maximum absolute atomic E-state index is 4.87. The van der Waals surface area contributed by atoms with Gasteiger partial charge in [0.25, 0.3) is 0 Å². The van der Waals surface area contributed by atoms with E-state index >= 15 is 0 Å². The van der Waals surface area contributed by atoms with Gasteiger partial charge in [-0.05, 0) is 29.6 Å². The van der Waals surface area contributed by atoms with E-state index in [1.54, 1.807) is 6.20 Å². The van der Waals surface area contributed by atoms with Crippen molar-refractivity contribution in [2.45, 2.75) is 12.8 Å². The van der Waals surface area contributed by atoms with Crippen LogP contribution in [0.4, 0.5) is 0 Å². The predicted molar refractivity (Wildman–Crippen MR) is 64.2 cm³/mol. The van der Waals surface area contributed by atoms with Crippen LogP contribution in [0.3, 0.4) is 0 Å². The zero-order valence-corrected chi connectivity index (χ0v) is 12.1. The van der Waals surface area contributed by atoms with E-state index in [1.165, 1.54) is 5.56 Å². The Kier molecular flexibility index (Phi) is 4.09. The number of hydrogen-bond donors (Lipinski definition) is 1. The van der Waals surface area contributed by atoms with Crippen molar-refractivity contribution in [3.8, 4) is 0 Å². The Morgan fingerprint density at radius 2 is 2.22 bits per heavy atom. The van der Waals surface area contributed by atoms with Crippen LogP contribution in [-0.4, -0.2) is 15.2 Å². The number of aromatic nitrogens is 4. The van der Waals surface area contributed by atoms with Gasteiger partial charge in [-0.3, -0.25) is 0 Å². The first-order valence-corrected chi connectivity index (χ1v) is 5.63. The average Bonchev–Trinajstić information content (AvgIpc) is 2.94. The number of fused-ring (bicyclic) bond motifs is 1. The van der Waals surface area contributed by atoms with E-state index in [0.717, 1.165) is 29.6 Å². The van der Waals surface area contributed by atoms with Crippen molar-refractivity contribution in [1.82, 2.24) is 20.3 Å². The summed E-state index contributed by atoms with van der Waals surface area (Å²) in [5.41, 5.74) is 2.14. The van der Waals surface area contributed by atoms with Gasteiger partial charge in [0.2, 0.25) is 0 Å². The molecule has 1 aromatic carbocycles. The third kappa shape index (κ3) is 2.76. The van der Waals surface area contributed by atoms with Crippen molar-refractivity contribution in [3.63, 3.8) is 0 Å². The largest absolute Gasteiger partial charge is 0.575 e. The number of H-pyrrole nitrogens is 1. The van der Waals surface area contributed by atoms with Gasteiger partial charge in [0.1, 0.15) is 5.82 Å². The van der Waals surface area contributed by atoms with E-state index in [2.05, 4.69) is 26.4 Å². The number of aromatic amines is 1. The first kappa shape index (κ1) is 13.2. The Bertz CT molecular complexity index is 702. The second-order valence-corrected chi connectivity index (χ2v) is 4.12. The van der Waals surface area contributed by atoms with Gasteiger partial charge in [-0.15, -0.1) is 5.52 Å². The second-order valence-electron chi connectivity index (χ2n) is 3.77. The molecule has 18 heavy (non-hydrogen) atoms. The summed E-state index contributed by atoms with van der Waals surface area (Å²) in [7, 11) is 0. The molecule has 5 nitrogen and oxygen atoms in total. The van der Waals surface area contributed by atoms with E-state index in [9.17, 15) is 0 Å². The average molecular weight is 341 g/mol. The predicted octanol–water partition coefficient (Wildman–Crippen LogP) is 2.02. The Hall–Kier alpha value is -1.26. The maximum Gasteiger partial charge on any atom is 0.314 e.